The maximum absolute atomic E-state index is 13.5. The van der Waals surface area contributed by atoms with E-state index in [-0.39, 0.29) is 17.2 Å². The second-order valence-electron chi connectivity index (χ2n) is 4.08. The van der Waals surface area contributed by atoms with E-state index in [0.29, 0.717) is 5.56 Å². The van der Waals surface area contributed by atoms with Crippen molar-refractivity contribution in [1.82, 2.24) is 4.98 Å². The number of ether oxygens (including phenoxy) is 1. The number of carbonyl (C=O) groups is 1. The molecule has 0 fully saturated rings. The molecular weight excluding hydrogens is 266 g/mol. The van der Waals surface area contributed by atoms with Crippen LogP contribution in [-0.2, 0) is 4.74 Å². The molecule has 1 heterocycles. The zero-order chi connectivity index (χ0) is 14.7. The minimum atomic E-state index is -0.744. The molecule has 0 aliphatic rings. The number of halogens is 2. The highest BCUT2D eigenvalue weighted by atomic mass is 19.1. The van der Waals surface area contributed by atoms with Gasteiger partial charge in [0, 0.05) is 0 Å². The van der Waals surface area contributed by atoms with Crippen LogP contribution in [-0.4, -0.2) is 18.1 Å². The standard InChI is InChI=1S/C14H12F2N2O2/c1-8-6-7-11(17-12(8)14(19)20-2)18-13-9(15)4-3-5-10(13)16/h3-7H,1-2H3,(H,17,18). The van der Waals surface area contributed by atoms with Gasteiger partial charge in [-0.15, -0.1) is 0 Å². The highest BCUT2D eigenvalue weighted by molar-refractivity contribution is 5.89. The number of esters is 1. The molecule has 2 aromatic rings. The van der Waals surface area contributed by atoms with Crippen molar-refractivity contribution in [2.45, 2.75) is 6.92 Å². The third-order valence-corrected chi connectivity index (χ3v) is 2.69. The van der Waals surface area contributed by atoms with E-state index in [1.54, 1.807) is 13.0 Å². The number of methoxy groups -OCH3 is 1. The first-order chi connectivity index (χ1) is 9.52. The van der Waals surface area contributed by atoms with Gasteiger partial charge in [0.25, 0.3) is 0 Å². The molecule has 2 rings (SSSR count). The first-order valence-corrected chi connectivity index (χ1v) is 5.80. The van der Waals surface area contributed by atoms with E-state index in [0.717, 1.165) is 12.1 Å². The minimum Gasteiger partial charge on any atom is -0.464 e. The highest BCUT2D eigenvalue weighted by Gasteiger charge is 2.14. The number of hydrogen-bond donors (Lipinski definition) is 1. The number of pyridine rings is 1. The lowest BCUT2D eigenvalue weighted by atomic mass is 10.2. The summed E-state index contributed by atoms with van der Waals surface area (Å²) in [5.74, 6) is -1.95. The number of nitrogens with one attached hydrogen (secondary N) is 1. The Bertz CT molecular complexity index is 639. The monoisotopic (exact) mass is 278 g/mol. The molecule has 0 radical (unpaired) electrons. The number of hydrogen-bond acceptors (Lipinski definition) is 4. The lowest BCUT2D eigenvalue weighted by Crippen LogP contribution is -2.09. The molecule has 1 N–H and O–H groups in total. The lowest BCUT2D eigenvalue weighted by Gasteiger charge is -2.10. The molecule has 1 aromatic heterocycles. The van der Waals surface area contributed by atoms with Gasteiger partial charge in [-0.05, 0) is 30.7 Å². The van der Waals surface area contributed by atoms with Gasteiger partial charge in [0.1, 0.15) is 23.1 Å². The Kier molecular flexibility index (Phi) is 3.93. The van der Waals surface area contributed by atoms with Gasteiger partial charge in [0.05, 0.1) is 7.11 Å². The molecule has 0 bridgehead atoms. The molecule has 4 nitrogen and oxygen atoms in total. The molecule has 0 spiro atoms. The maximum Gasteiger partial charge on any atom is 0.357 e. The fourth-order valence-corrected chi connectivity index (χ4v) is 1.65. The molecular formula is C14H12F2N2O2. The number of anilines is 2. The Morgan fingerprint density at radius 1 is 1.20 bits per heavy atom. The number of aryl methyl sites for hydroxylation is 1. The highest BCUT2D eigenvalue weighted by Crippen LogP contribution is 2.22. The van der Waals surface area contributed by atoms with Crippen molar-refractivity contribution < 1.29 is 18.3 Å². The van der Waals surface area contributed by atoms with E-state index in [2.05, 4.69) is 15.0 Å². The normalized spacial score (nSPS) is 10.2. The number of aromatic nitrogens is 1. The Morgan fingerprint density at radius 2 is 1.85 bits per heavy atom. The van der Waals surface area contributed by atoms with E-state index < -0.39 is 17.6 Å². The molecule has 6 heteroatoms. The smallest absolute Gasteiger partial charge is 0.357 e. The van der Waals surface area contributed by atoms with Crippen LogP contribution < -0.4 is 5.32 Å². The fourth-order valence-electron chi connectivity index (χ4n) is 1.65. The molecule has 0 saturated heterocycles. The summed E-state index contributed by atoms with van der Waals surface area (Å²) in [5, 5.41) is 2.52. The number of benzene rings is 1. The van der Waals surface area contributed by atoms with Crippen LogP contribution in [0, 0.1) is 18.6 Å². The van der Waals surface area contributed by atoms with E-state index in [9.17, 15) is 13.6 Å². The van der Waals surface area contributed by atoms with Crippen LogP contribution in [0.2, 0.25) is 0 Å². The van der Waals surface area contributed by atoms with Crippen molar-refractivity contribution >= 4 is 17.5 Å². The van der Waals surface area contributed by atoms with Gasteiger partial charge in [-0.2, -0.15) is 0 Å². The van der Waals surface area contributed by atoms with Crippen molar-refractivity contribution in [3.63, 3.8) is 0 Å². The molecule has 0 saturated carbocycles. The molecule has 104 valence electrons. The van der Waals surface area contributed by atoms with Crippen molar-refractivity contribution in [2.75, 3.05) is 12.4 Å². The van der Waals surface area contributed by atoms with Crippen molar-refractivity contribution in [1.29, 1.82) is 0 Å². The summed E-state index contributed by atoms with van der Waals surface area (Å²) in [6.45, 7) is 1.69. The summed E-state index contributed by atoms with van der Waals surface area (Å²) in [7, 11) is 1.24. The third kappa shape index (κ3) is 2.74. The maximum atomic E-state index is 13.5. The average Bonchev–Trinajstić information content (AvgIpc) is 2.44. The second kappa shape index (κ2) is 5.64. The van der Waals surface area contributed by atoms with Crippen LogP contribution >= 0.6 is 0 Å². The SMILES string of the molecule is COC(=O)c1nc(Nc2c(F)cccc2F)ccc1C. The van der Waals surface area contributed by atoms with Crippen molar-refractivity contribution in [3.05, 3.63) is 53.2 Å². The Balaban J connectivity index is 2.37. The van der Waals surface area contributed by atoms with Gasteiger partial charge >= 0.3 is 5.97 Å². The molecule has 0 unspecified atom stereocenters. The minimum absolute atomic E-state index is 0.0919. The first-order valence-electron chi connectivity index (χ1n) is 5.80. The molecule has 0 atom stereocenters. The van der Waals surface area contributed by atoms with Gasteiger partial charge in [0.2, 0.25) is 0 Å². The van der Waals surface area contributed by atoms with Crippen LogP contribution in [0.5, 0.6) is 0 Å². The van der Waals surface area contributed by atoms with Crippen molar-refractivity contribution in [3.8, 4) is 0 Å². The number of para-hydroxylation sites is 1. The van der Waals surface area contributed by atoms with Crippen LogP contribution in [0.15, 0.2) is 30.3 Å². The topological polar surface area (TPSA) is 51.2 Å². The van der Waals surface area contributed by atoms with E-state index in [1.165, 1.54) is 19.2 Å². The van der Waals surface area contributed by atoms with Crippen molar-refractivity contribution in [2.24, 2.45) is 0 Å². The Labute approximate surface area is 114 Å². The number of nitrogens with zero attached hydrogens (tertiary/aromatic N) is 1. The van der Waals surface area contributed by atoms with Crippen LogP contribution in [0.25, 0.3) is 0 Å². The van der Waals surface area contributed by atoms with E-state index in [4.69, 9.17) is 0 Å². The van der Waals surface area contributed by atoms with Crippen LogP contribution in [0.4, 0.5) is 20.3 Å². The lowest BCUT2D eigenvalue weighted by molar-refractivity contribution is 0.0593. The van der Waals surface area contributed by atoms with Gasteiger partial charge in [-0.3, -0.25) is 0 Å². The molecule has 0 aliphatic heterocycles. The molecule has 1 aromatic carbocycles. The Morgan fingerprint density at radius 3 is 2.45 bits per heavy atom. The molecule has 0 amide bonds. The molecule has 0 aliphatic carbocycles. The van der Waals surface area contributed by atoms with E-state index >= 15 is 0 Å². The zero-order valence-corrected chi connectivity index (χ0v) is 10.9. The summed E-state index contributed by atoms with van der Waals surface area (Å²) in [4.78, 5) is 15.5. The fraction of sp³-hybridized carbons (Fsp3) is 0.143. The van der Waals surface area contributed by atoms with Gasteiger partial charge in [0.15, 0.2) is 5.69 Å². The van der Waals surface area contributed by atoms with Gasteiger partial charge in [-0.1, -0.05) is 12.1 Å². The average molecular weight is 278 g/mol. The molecule has 20 heavy (non-hydrogen) atoms. The summed E-state index contributed by atoms with van der Waals surface area (Å²) < 4.78 is 31.6. The van der Waals surface area contributed by atoms with Crippen LogP contribution in [0.1, 0.15) is 16.1 Å². The third-order valence-electron chi connectivity index (χ3n) is 2.69. The van der Waals surface area contributed by atoms with Crippen LogP contribution in [0.3, 0.4) is 0 Å². The van der Waals surface area contributed by atoms with Gasteiger partial charge in [-0.25, -0.2) is 18.6 Å². The first kappa shape index (κ1) is 13.9. The zero-order valence-electron chi connectivity index (χ0n) is 10.9. The summed E-state index contributed by atoms with van der Waals surface area (Å²) in [6, 6.07) is 6.65. The second-order valence-corrected chi connectivity index (χ2v) is 4.08. The predicted molar refractivity (Wildman–Crippen MR) is 70.0 cm³/mol. The Hall–Kier alpha value is -2.50. The summed E-state index contributed by atoms with van der Waals surface area (Å²) in [5.41, 5.74) is 0.380. The van der Waals surface area contributed by atoms with Gasteiger partial charge < -0.3 is 10.1 Å². The summed E-state index contributed by atoms with van der Waals surface area (Å²) in [6.07, 6.45) is 0. The number of rotatable bonds is 3. The predicted octanol–water partition coefficient (Wildman–Crippen LogP) is 3.20. The van der Waals surface area contributed by atoms with E-state index in [1.807, 2.05) is 0 Å². The largest absolute Gasteiger partial charge is 0.464 e. The summed E-state index contributed by atoms with van der Waals surface area (Å²) >= 11 is 0. The number of carbonyl (C=O) groups excluding carboxylic acids is 1. The quantitative estimate of drug-likeness (QED) is 0.876.